The highest BCUT2D eigenvalue weighted by Crippen LogP contribution is 2.33. The highest BCUT2D eigenvalue weighted by atomic mass is 19.1. The molecule has 1 atom stereocenters. The summed E-state index contributed by atoms with van der Waals surface area (Å²) in [5.74, 6) is 0.847. The van der Waals surface area contributed by atoms with Gasteiger partial charge in [-0.05, 0) is 37.0 Å². The Hall–Kier alpha value is -3.13. The van der Waals surface area contributed by atoms with Crippen LogP contribution in [0.5, 0.6) is 11.5 Å². The van der Waals surface area contributed by atoms with Crippen LogP contribution in [0.15, 0.2) is 42.5 Å². The highest BCUT2D eigenvalue weighted by molar-refractivity contribution is 5.96. The normalized spacial score (nSPS) is 17.9. The zero-order chi connectivity index (χ0) is 24.1. The van der Waals surface area contributed by atoms with E-state index in [0.29, 0.717) is 48.9 Å². The van der Waals surface area contributed by atoms with Crippen LogP contribution >= 0.6 is 0 Å². The van der Waals surface area contributed by atoms with Crippen LogP contribution in [0.25, 0.3) is 0 Å². The van der Waals surface area contributed by atoms with Gasteiger partial charge in [0.2, 0.25) is 5.91 Å². The van der Waals surface area contributed by atoms with E-state index in [-0.39, 0.29) is 23.8 Å². The quantitative estimate of drug-likeness (QED) is 0.668. The molecule has 1 saturated carbocycles. The van der Waals surface area contributed by atoms with E-state index >= 15 is 0 Å². The summed E-state index contributed by atoms with van der Waals surface area (Å²) in [4.78, 5) is 30.3. The maximum absolute atomic E-state index is 13.6. The topological polar surface area (TPSA) is 71.1 Å². The Morgan fingerprint density at radius 1 is 0.971 bits per heavy atom. The molecule has 2 amide bonds. The summed E-state index contributed by atoms with van der Waals surface area (Å²) in [5, 5.41) is 3.07. The standard InChI is InChI=1S/C26H32FN3O4/c1-33-22-15-21(16-23(17-22)34-2)28-25(31)24(18-6-3-4-7-18)29-10-12-30(13-11-29)26(32)19-8-5-9-20(27)14-19/h5,8-9,14-18,24H,3-4,6-7,10-13H2,1-2H3,(H,28,31). The summed E-state index contributed by atoms with van der Waals surface area (Å²) in [6.45, 7) is 2.19. The third-order valence-electron chi connectivity index (χ3n) is 6.80. The van der Waals surface area contributed by atoms with Gasteiger partial charge in [-0.15, -0.1) is 0 Å². The number of rotatable bonds is 7. The van der Waals surface area contributed by atoms with Gasteiger partial charge in [-0.25, -0.2) is 4.39 Å². The van der Waals surface area contributed by atoms with Crippen LogP contribution in [0.2, 0.25) is 0 Å². The third kappa shape index (κ3) is 5.50. The lowest BCUT2D eigenvalue weighted by molar-refractivity contribution is -0.123. The van der Waals surface area contributed by atoms with E-state index in [1.165, 1.54) is 12.1 Å². The van der Waals surface area contributed by atoms with Gasteiger partial charge in [-0.3, -0.25) is 14.5 Å². The predicted octanol–water partition coefficient (Wildman–Crippen LogP) is 3.80. The van der Waals surface area contributed by atoms with Gasteiger partial charge in [0.05, 0.1) is 20.3 Å². The second-order valence-electron chi connectivity index (χ2n) is 8.92. The van der Waals surface area contributed by atoms with Crippen molar-refractivity contribution in [2.75, 3.05) is 45.7 Å². The molecular weight excluding hydrogens is 437 g/mol. The minimum absolute atomic E-state index is 0.0490. The number of nitrogens with one attached hydrogen (secondary N) is 1. The molecule has 7 nitrogen and oxygen atoms in total. The van der Waals surface area contributed by atoms with Crippen molar-refractivity contribution in [2.24, 2.45) is 5.92 Å². The van der Waals surface area contributed by atoms with Crippen molar-refractivity contribution >= 4 is 17.5 Å². The average molecular weight is 470 g/mol. The number of carbonyl (C=O) groups is 2. The first-order valence-corrected chi connectivity index (χ1v) is 11.8. The molecule has 0 radical (unpaired) electrons. The van der Waals surface area contributed by atoms with Crippen molar-refractivity contribution in [1.29, 1.82) is 0 Å². The van der Waals surface area contributed by atoms with Crippen LogP contribution < -0.4 is 14.8 Å². The molecule has 2 aromatic carbocycles. The molecule has 8 heteroatoms. The molecule has 2 aliphatic rings. The second-order valence-corrected chi connectivity index (χ2v) is 8.92. The molecule has 34 heavy (non-hydrogen) atoms. The number of ether oxygens (including phenoxy) is 2. The van der Waals surface area contributed by atoms with E-state index < -0.39 is 5.82 Å². The molecule has 1 saturated heterocycles. The fourth-order valence-electron chi connectivity index (χ4n) is 5.05. The minimum Gasteiger partial charge on any atom is -0.497 e. The lowest BCUT2D eigenvalue weighted by Gasteiger charge is -2.40. The molecule has 1 aliphatic heterocycles. The maximum atomic E-state index is 13.6. The van der Waals surface area contributed by atoms with Crippen LogP contribution in [0.3, 0.4) is 0 Å². The number of nitrogens with zero attached hydrogens (tertiary/aromatic N) is 2. The Labute approximate surface area is 199 Å². The molecule has 182 valence electrons. The summed E-state index contributed by atoms with van der Waals surface area (Å²) in [7, 11) is 3.15. The van der Waals surface area contributed by atoms with Gasteiger partial charge >= 0.3 is 0 Å². The highest BCUT2D eigenvalue weighted by Gasteiger charge is 2.37. The van der Waals surface area contributed by atoms with Crippen molar-refractivity contribution in [3.8, 4) is 11.5 Å². The van der Waals surface area contributed by atoms with Crippen molar-refractivity contribution < 1.29 is 23.5 Å². The van der Waals surface area contributed by atoms with Gasteiger partial charge in [-0.2, -0.15) is 0 Å². The predicted molar refractivity (Wildman–Crippen MR) is 128 cm³/mol. The number of hydrogen-bond acceptors (Lipinski definition) is 5. The monoisotopic (exact) mass is 469 g/mol. The van der Waals surface area contributed by atoms with Crippen molar-refractivity contribution in [3.05, 3.63) is 53.8 Å². The zero-order valence-electron chi connectivity index (χ0n) is 19.8. The molecule has 1 aliphatic carbocycles. The van der Waals surface area contributed by atoms with E-state index in [9.17, 15) is 14.0 Å². The number of methoxy groups -OCH3 is 2. The number of piperazine rings is 1. The summed E-state index contributed by atoms with van der Waals surface area (Å²) in [6, 6.07) is 10.8. The number of anilines is 1. The Morgan fingerprint density at radius 2 is 1.62 bits per heavy atom. The van der Waals surface area contributed by atoms with Crippen LogP contribution in [0.1, 0.15) is 36.0 Å². The van der Waals surface area contributed by atoms with Gasteiger partial charge < -0.3 is 19.7 Å². The van der Waals surface area contributed by atoms with Gasteiger partial charge in [0, 0.05) is 55.6 Å². The molecular formula is C26H32FN3O4. The molecule has 0 bridgehead atoms. The van der Waals surface area contributed by atoms with E-state index in [1.54, 1.807) is 49.5 Å². The third-order valence-corrected chi connectivity index (χ3v) is 6.80. The first-order chi connectivity index (χ1) is 16.5. The molecule has 4 rings (SSSR count). The molecule has 2 fully saturated rings. The van der Waals surface area contributed by atoms with Gasteiger partial charge in [-0.1, -0.05) is 18.9 Å². The fraction of sp³-hybridized carbons (Fsp3) is 0.462. The molecule has 2 aromatic rings. The van der Waals surface area contributed by atoms with Crippen molar-refractivity contribution in [1.82, 2.24) is 9.80 Å². The Balaban J connectivity index is 1.46. The molecule has 1 N–H and O–H groups in total. The number of hydrogen-bond donors (Lipinski definition) is 1. The molecule has 0 spiro atoms. The molecule has 1 heterocycles. The largest absolute Gasteiger partial charge is 0.497 e. The summed E-state index contributed by atoms with van der Waals surface area (Å²) in [5.41, 5.74) is 0.981. The Kier molecular flexibility index (Phi) is 7.67. The summed E-state index contributed by atoms with van der Waals surface area (Å²) in [6.07, 6.45) is 4.28. The fourth-order valence-corrected chi connectivity index (χ4v) is 5.05. The van der Waals surface area contributed by atoms with E-state index in [1.807, 2.05) is 0 Å². The van der Waals surface area contributed by atoms with Gasteiger partial charge in [0.25, 0.3) is 5.91 Å². The van der Waals surface area contributed by atoms with Crippen LogP contribution in [-0.4, -0.2) is 68.1 Å². The average Bonchev–Trinajstić information content (AvgIpc) is 3.38. The van der Waals surface area contributed by atoms with E-state index in [0.717, 1.165) is 25.7 Å². The van der Waals surface area contributed by atoms with Gasteiger partial charge in [0.15, 0.2) is 0 Å². The number of carbonyl (C=O) groups excluding carboxylic acids is 2. The number of amides is 2. The number of benzene rings is 2. The van der Waals surface area contributed by atoms with Crippen molar-refractivity contribution in [3.63, 3.8) is 0 Å². The zero-order valence-corrected chi connectivity index (χ0v) is 19.8. The number of halogens is 1. The molecule has 1 unspecified atom stereocenters. The SMILES string of the molecule is COc1cc(NC(=O)C(C2CCCC2)N2CCN(C(=O)c3cccc(F)c3)CC2)cc(OC)c1. The minimum atomic E-state index is -0.420. The second kappa shape index (κ2) is 10.9. The Morgan fingerprint density at radius 3 is 2.21 bits per heavy atom. The lowest BCUT2D eigenvalue weighted by atomic mass is 9.94. The van der Waals surface area contributed by atoms with Crippen molar-refractivity contribution in [2.45, 2.75) is 31.7 Å². The van der Waals surface area contributed by atoms with E-state index in [2.05, 4.69) is 10.2 Å². The summed E-state index contributed by atoms with van der Waals surface area (Å²) < 4.78 is 24.2. The summed E-state index contributed by atoms with van der Waals surface area (Å²) >= 11 is 0. The maximum Gasteiger partial charge on any atom is 0.254 e. The molecule has 0 aromatic heterocycles. The van der Waals surface area contributed by atoms with Crippen LogP contribution in [0, 0.1) is 11.7 Å². The first-order valence-electron chi connectivity index (χ1n) is 11.8. The lowest BCUT2D eigenvalue weighted by Crippen LogP contribution is -2.56. The van der Waals surface area contributed by atoms with Crippen LogP contribution in [0.4, 0.5) is 10.1 Å². The first kappa shape index (κ1) is 24.0. The smallest absolute Gasteiger partial charge is 0.254 e. The Bertz CT molecular complexity index is 995. The van der Waals surface area contributed by atoms with Crippen LogP contribution in [-0.2, 0) is 4.79 Å². The van der Waals surface area contributed by atoms with E-state index in [4.69, 9.17) is 9.47 Å². The van der Waals surface area contributed by atoms with Gasteiger partial charge in [0.1, 0.15) is 17.3 Å².